The van der Waals surface area contributed by atoms with Gasteiger partial charge in [0.2, 0.25) is 0 Å². The highest BCUT2D eigenvalue weighted by Gasteiger charge is 2.17. The van der Waals surface area contributed by atoms with E-state index in [-0.39, 0.29) is 40.5 Å². The van der Waals surface area contributed by atoms with Crippen LogP contribution in [0, 0.1) is 11.2 Å². The summed E-state index contributed by atoms with van der Waals surface area (Å²) in [6, 6.07) is 7.56. The van der Waals surface area contributed by atoms with Crippen LogP contribution >= 0.6 is 0 Å². The Morgan fingerprint density at radius 2 is 1.88 bits per heavy atom. The molecular formula is C17H17F2N5O. The number of hydrogen-bond acceptors (Lipinski definition) is 5. The zero-order valence-corrected chi connectivity index (χ0v) is 13.2. The van der Waals surface area contributed by atoms with E-state index >= 15 is 0 Å². The van der Waals surface area contributed by atoms with Gasteiger partial charge >= 0.3 is 0 Å². The van der Waals surface area contributed by atoms with Crippen LogP contribution in [0.1, 0.15) is 11.4 Å². The smallest absolute Gasteiger partial charge is 0.178 e. The molecule has 0 bridgehead atoms. The van der Waals surface area contributed by atoms with Crippen LogP contribution in [0.5, 0.6) is 0 Å². The highest BCUT2D eigenvalue weighted by Crippen LogP contribution is 2.15. The highest BCUT2D eigenvalue weighted by atomic mass is 19.1. The molecule has 0 amide bonds. The van der Waals surface area contributed by atoms with Crippen LogP contribution in [0.3, 0.4) is 0 Å². The molecule has 130 valence electrons. The Morgan fingerprint density at radius 1 is 1.24 bits per heavy atom. The molecule has 25 heavy (non-hydrogen) atoms. The predicted molar refractivity (Wildman–Crippen MR) is 93.3 cm³/mol. The van der Waals surface area contributed by atoms with Crippen molar-refractivity contribution in [3.63, 3.8) is 0 Å². The first-order valence-electron chi connectivity index (χ1n) is 6.96. The van der Waals surface area contributed by atoms with E-state index in [0.717, 1.165) is 6.08 Å². The van der Waals surface area contributed by atoms with Crippen LogP contribution in [0.4, 0.5) is 8.78 Å². The van der Waals surface area contributed by atoms with E-state index in [1.165, 1.54) is 24.5 Å². The van der Waals surface area contributed by atoms with Crippen molar-refractivity contribution < 1.29 is 14.3 Å². The fourth-order valence-electron chi connectivity index (χ4n) is 1.82. The largest absolute Gasteiger partial charge is 0.412 e. The Hall–Kier alpha value is -3.26. The molecule has 0 atom stereocenters. The predicted octanol–water partition coefficient (Wildman–Crippen LogP) is 2.23. The molecular weight excluding hydrogens is 328 g/mol. The third kappa shape index (κ3) is 4.85. The first-order valence-corrected chi connectivity index (χ1v) is 6.96. The number of nitrogens with one attached hydrogen (secondary N) is 1. The van der Waals surface area contributed by atoms with Gasteiger partial charge in [-0.2, -0.15) is 0 Å². The van der Waals surface area contributed by atoms with Gasteiger partial charge in [0, 0.05) is 18.0 Å². The number of nitrogens with zero attached hydrogens (tertiary/aromatic N) is 3. The molecule has 2 rings (SSSR count). The van der Waals surface area contributed by atoms with Crippen LogP contribution in [-0.2, 0) is 6.54 Å². The van der Waals surface area contributed by atoms with Crippen LogP contribution in [0.15, 0.2) is 66.2 Å². The molecule has 8 heteroatoms. The second-order valence-corrected chi connectivity index (χ2v) is 4.67. The molecule has 5 N–H and O–H groups in total. The minimum atomic E-state index is -0.956. The Labute approximate surface area is 143 Å². The van der Waals surface area contributed by atoms with Gasteiger partial charge in [-0.05, 0) is 18.2 Å². The van der Waals surface area contributed by atoms with Gasteiger partial charge in [-0.15, -0.1) is 0 Å². The summed E-state index contributed by atoms with van der Waals surface area (Å²) in [5, 5.41) is 7.79. The third-order valence-corrected chi connectivity index (χ3v) is 3.08. The minimum absolute atomic E-state index is 0. The van der Waals surface area contributed by atoms with Gasteiger partial charge < -0.3 is 11.2 Å². The van der Waals surface area contributed by atoms with Gasteiger partial charge in [-0.25, -0.2) is 18.7 Å². The second-order valence-electron chi connectivity index (χ2n) is 4.67. The number of aliphatic imine (C=N–C) groups is 1. The SMILES string of the molecule is C=CC(=N)C(=NCc1ccccc1F)/C(F)=C(\N)c1ncccn1.O. The van der Waals surface area contributed by atoms with Crippen molar-refractivity contribution >= 4 is 17.1 Å². The molecule has 0 aliphatic heterocycles. The van der Waals surface area contributed by atoms with Crippen molar-refractivity contribution in [3.8, 4) is 0 Å². The first kappa shape index (κ1) is 19.8. The summed E-state index contributed by atoms with van der Waals surface area (Å²) in [7, 11) is 0. The normalized spacial score (nSPS) is 12.0. The Kier molecular flexibility index (Phi) is 7.23. The molecule has 0 radical (unpaired) electrons. The van der Waals surface area contributed by atoms with Gasteiger partial charge in [0.15, 0.2) is 11.7 Å². The van der Waals surface area contributed by atoms with E-state index in [9.17, 15) is 8.78 Å². The summed E-state index contributed by atoms with van der Waals surface area (Å²) in [6.45, 7) is 3.28. The Balaban J connectivity index is 0.00000312. The van der Waals surface area contributed by atoms with E-state index in [0.29, 0.717) is 0 Å². The fraction of sp³-hybridized carbons (Fsp3) is 0.0588. The van der Waals surface area contributed by atoms with Crippen LogP contribution in [0.25, 0.3) is 5.70 Å². The monoisotopic (exact) mass is 345 g/mol. The lowest BCUT2D eigenvalue weighted by atomic mass is 10.1. The maximum absolute atomic E-state index is 14.6. The summed E-state index contributed by atoms with van der Waals surface area (Å²) in [4.78, 5) is 11.7. The Morgan fingerprint density at radius 3 is 2.48 bits per heavy atom. The summed E-state index contributed by atoms with van der Waals surface area (Å²) in [5.41, 5.74) is 5.03. The number of hydrogen-bond donors (Lipinski definition) is 2. The lowest BCUT2D eigenvalue weighted by molar-refractivity contribution is 0.610. The topological polar surface area (TPSA) is 120 Å². The zero-order chi connectivity index (χ0) is 17.5. The van der Waals surface area contributed by atoms with Crippen molar-refractivity contribution in [2.45, 2.75) is 6.54 Å². The van der Waals surface area contributed by atoms with Gasteiger partial charge in [-0.1, -0.05) is 24.8 Å². The molecule has 0 saturated heterocycles. The number of nitrogens with two attached hydrogens (primary N) is 1. The fourth-order valence-corrected chi connectivity index (χ4v) is 1.82. The average Bonchev–Trinajstić information content (AvgIpc) is 2.62. The van der Waals surface area contributed by atoms with Crippen molar-refractivity contribution in [3.05, 3.63) is 78.4 Å². The average molecular weight is 345 g/mol. The van der Waals surface area contributed by atoms with Crippen LogP contribution in [-0.4, -0.2) is 26.9 Å². The number of benzene rings is 1. The minimum Gasteiger partial charge on any atom is -0.412 e. The zero-order valence-electron chi connectivity index (χ0n) is 13.2. The third-order valence-electron chi connectivity index (χ3n) is 3.08. The first-order chi connectivity index (χ1) is 11.5. The van der Waals surface area contributed by atoms with E-state index in [1.807, 2.05) is 0 Å². The molecule has 1 aromatic heterocycles. The Bertz CT molecular complexity index is 819. The van der Waals surface area contributed by atoms with Gasteiger partial charge in [0.25, 0.3) is 0 Å². The van der Waals surface area contributed by atoms with E-state index in [1.54, 1.807) is 18.2 Å². The maximum Gasteiger partial charge on any atom is 0.178 e. The van der Waals surface area contributed by atoms with E-state index < -0.39 is 11.6 Å². The number of rotatable bonds is 6. The molecule has 0 saturated carbocycles. The summed E-state index contributed by atoms with van der Waals surface area (Å²) < 4.78 is 28.3. The molecule has 1 aromatic carbocycles. The molecule has 2 aromatic rings. The number of allylic oxidation sites excluding steroid dienone is 2. The van der Waals surface area contributed by atoms with Crippen molar-refractivity contribution in [2.75, 3.05) is 0 Å². The molecule has 1 heterocycles. The second kappa shape index (κ2) is 9.14. The molecule has 0 unspecified atom stereocenters. The van der Waals surface area contributed by atoms with Crippen molar-refractivity contribution in [1.29, 1.82) is 5.41 Å². The van der Waals surface area contributed by atoms with E-state index in [2.05, 4.69) is 21.5 Å². The maximum atomic E-state index is 14.6. The van der Waals surface area contributed by atoms with Crippen molar-refractivity contribution in [2.24, 2.45) is 10.7 Å². The van der Waals surface area contributed by atoms with Gasteiger partial charge in [-0.3, -0.25) is 10.4 Å². The molecule has 0 aliphatic rings. The standard InChI is InChI=1S/C17H15F2N5.H2O/c1-2-13(20)16(24-10-11-6-3-4-7-12(11)18)14(19)15(21)17-22-8-5-9-23-17;/h2-9,20H,1,10,21H2;1H2/b15-14+,20-13?,24-16?;. The molecule has 6 nitrogen and oxygen atoms in total. The summed E-state index contributed by atoms with van der Waals surface area (Å²) >= 11 is 0. The molecule has 0 fully saturated rings. The molecule has 0 aliphatic carbocycles. The molecule has 0 spiro atoms. The quantitative estimate of drug-likeness (QED) is 0.781. The van der Waals surface area contributed by atoms with Crippen LogP contribution in [0.2, 0.25) is 0 Å². The van der Waals surface area contributed by atoms with Gasteiger partial charge in [0.1, 0.15) is 17.2 Å². The van der Waals surface area contributed by atoms with Crippen LogP contribution < -0.4 is 5.73 Å². The van der Waals surface area contributed by atoms with E-state index in [4.69, 9.17) is 11.1 Å². The van der Waals surface area contributed by atoms with Crippen molar-refractivity contribution in [1.82, 2.24) is 9.97 Å². The summed E-state index contributed by atoms with van der Waals surface area (Å²) in [6.07, 6.45) is 3.95. The summed E-state index contributed by atoms with van der Waals surface area (Å²) in [5.74, 6) is -1.44. The number of aromatic nitrogens is 2. The van der Waals surface area contributed by atoms with Gasteiger partial charge in [0.05, 0.1) is 12.3 Å². The lowest BCUT2D eigenvalue weighted by Crippen LogP contribution is -2.17. The highest BCUT2D eigenvalue weighted by molar-refractivity contribution is 6.51. The lowest BCUT2D eigenvalue weighted by Gasteiger charge is -2.07. The number of halogens is 2.